The first kappa shape index (κ1) is 13.8. The van der Waals surface area contributed by atoms with E-state index < -0.39 is 0 Å². The van der Waals surface area contributed by atoms with Gasteiger partial charge in [0.25, 0.3) is 0 Å². The van der Waals surface area contributed by atoms with Crippen molar-refractivity contribution in [2.75, 3.05) is 0 Å². The minimum absolute atomic E-state index is 0.337. The van der Waals surface area contributed by atoms with E-state index in [0.717, 1.165) is 17.9 Å². The molecule has 106 valence electrons. The van der Waals surface area contributed by atoms with Crippen LogP contribution in [0.2, 0.25) is 10.0 Å². The van der Waals surface area contributed by atoms with E-state index in [0.29, 0.717) is 28.4 Å². The highest BCUT2D eigenvalue weighted by Crippen LogP contribution is 2.32. The summed E-state index contributed by atoms with van der Waals surface area (Å²) in [5.41, 5.74) is 1.13. The predicted octanol–water partition coefficient (Wildman–Crippen LogP) is 4.42. The van der Waals surface area contributed by atoms with Crippen molar-refractivity contribution in [3.63, 3.8) is 0 Å². The standard InChI is InChI=1S/C15H15Cl2NO2/c16-13-2-1-3-14(15(13)17)20-9-12-6-10(8-19-12)7-18-11-4-5-11/h1-3,6,8,11,18H,4-5,7,9H2. The lowest BCUT2D eigenvalue weighted by Crippen LogP contribution is -2.14. The largest absolute Gasteiger partial charge is 0.484 e. The van der Waals surface area contributed by atoms with E-state index in [4.69, 9.17) is 32.4 Å². The fourth-order valence-corrected chi connectivity index (χ4v) is 2.24. The average Bonchev–Trinajstić information content (AvgIpc) is 3.17. The van der Waals surface area contributed by atoms with Gasteiger partial charge in [-0.1, -0.05) is 29.3 Å². The van der Waals surface area contributed by atoms with Crippen LogP contribution in [-0.2, 0) is 13.2 Å². The second-order valence-corrected chi connectivity index (χ2v) is 5.70. The fourth-order valence-electron chi connectivity index (χ4n) is 1.89. The van der Waals surface area contributed by atoms with Crippen molar-refractivity contribution >= 4 is 23.2 Å². The molecule has 1 aromatic heterocycles. The van der Waals surface area contributed by atoms with Crippen LogP contribution in [0.15, 0.2) is 34.9 Å². The van der Waals surface area contributed by atoms with Crippen LogP contribution >= 0.6 is 23.2 Å². The number of hydrogen-bond donors (Lipinski definition) is 1. The monoisotopic (exact) mass is 311 g/mol. The van der Waals surface area contributed by atoms with Crippen molar-refractivity contribution in [3.05, 3.63) is 51.9 Å². The minimum atomic E-state index is 0.337. The lowest BCUT2D eigenvalue weighted by molar-refractivity contribution is 0.270. The lowest BCUT2D eigenvalue weighted by atomic mass is 10.3. The van der Waals surface area contributed by atoms with E-state index in [1.807, 2.05) is 6.07 Å². The molecule has 0 aliphatic heterocycles. The van der Waals surface area contributed by atoms with Crippen molar-refractivity contribution in [2.45, 2.75) is 32.0 Å². The number of nitrogens with one attached hydrogen (secondary N) is 1. The van der Waals surface area contributed by atoms with E-state index >= 15 is 0 Å². The van der Waals surface area contributed by atoms with E-state index in [1.165, 1.54) is 12.8 Å². The van der Waals surface area contributed by atoms with Gasteiger partial charge in [-0.05, 0) is 31.0 Å². The molecule has 0 bridgehead atoms. The molecule has 3 rings (SSSR count). The van der Waals surface area contributed by atoms with Gasteiger partial charge >= 0.3 is 0 Å². The second-order valence-electron chi connectivity index (χ2n) is 4.92. The predicted molar refractivity (Wildman–Crippen MR) is 79.4 cm³/mol. The van der Waals surface area contributed by atoms with Crippen LogP contribution in [0.1, 0.15) is 24.2 Å². The summed E-state index contributed by atoms with van der Waals surface area (Å²) in [6.07, 6.45) is 4.32. The molecule has 1 aliphatic rings. The zero-order valence-electron chi connectivity index (χ0n) is 10.9. The van der Waals surface area contributed by atoms with Crippen molar-refractivity contribution in [2.24, 2.45) is 0 Å². The third-order valence-corrected chi connectivity index (χ3v) is 3.97. The molecule has 1 aliphatic carbocycles. The van der Waals surface area contributed by atoms with Crippen molar-refractivity contribution in [1.29, 1.82) is 0 Å². The molecule has 0 spiro atoms. The Morgan fingerprint density at radius 2 is 2.15 bits per heavy atom. The van der Waals surface area contributed by atoms with E-state index in [2.05, 4.69) is 5.32 Å². The van der Waals surface area contributed by atoms with Gasteiger partial charge in [0.1, 0.15) is 23.1 Å². The summed E-state index contributed by atoms with van der Waals surface area (Å²) >= 11 is 12.0. The number of halogens is 2. The molecule has 1 aromatic carbocycles. The highest BCUT2D eigenvalue weighted by Gasteiger charge is 2.20. The Balaban J connectivity index is 1.56. The summed E-state index contributed by atoms with van der Waals surface area (Å²) in [4.78, 5) is 0. The van der Waals surface area contributed by atoms with Gasteiger partial charge in [0.15, 0.2) is 0 Å². The highest BCUT2D eigenvalue weighted by molar-refractivity contribution is 6.42. The quantitative estimate of drug-likeness (QED) is 0.857. The Hall–Kier alpha value is -1.16. The van der Waals surface area contributed by atoms with Crippen molar-refractivity contribution in [3.8, 4) is 5.75 Å². The van der Waals surface area contributed by atoms with E-state index in [-0.39, 0.29) is 0 Å². The molecule has 0 unspecified atom stereocenters. The first-order valence-electron chi connectivity index (χ1n) is 6.59. The molecule has 1 fully saturated rings. The van der Waals surface area contributed by atoms with Crippen molar-refractivity contribution < 1.29 is 9.15 Å². The number of furan rings is 1. The molecule has 5 heteroatoms. The van der Waals surface area contributed by atoms with Gasteiger partial charge in [0.05, 0.1) is 11.3 Å². The van der Waals surface area contributed by atoms with Crippen LogP contribution in [0.4, 0.5) is 0 Å². The molecule has 2 aromatic rings. The Morgan fingerprint density at radius 1 is 1.30 bits per heavy atom. The van der Waals surface area contributed by atoms with Crippen LogP contribution in [0.5, 0.6) is 5.75 Å². The first-order valence-corrected chi connectivity index (χ1v) is 7.34. The third-order valence-electron chi connectivity index (χ3n) is 3.17. The molecule has 0 radical (unpaired) electrons. The highest BCUT2D eigenvalue weighted by atomic mass is 35.5. The van der Waals surface area contributed by atoms with Crippen LogP contribution in [0, 0.1) is 0 Å². The molecule has 0 atom stereocenters. The summed E-state index contributed by atoms with van der Waals surface area (Å²) in [6, 6.07) is 8.00. The molecule has 0 saturated heterocycles. The van der Waals surface area contributed by atoms with Gasteiger partial charge in [-0.3, -0.25) is 0 Å². The molecule has 1 heterocycles. The molecular weight excluding hydrogens is 297 g/mol. The van der Waals surface area contributed by atoms with Crippen LogP contribution in [-0.4, -0.2) is 6.04 Å². The normalized spacial score (nSPS) is 14.5. The molecule has 1 N–H and O–H groups in total. The molecule has 20 heavy (non-hydrogen) atoms. The van der Waals surface area contributed by atoms with Gasteiger partial charge < -0.3 is 14.5 Å². The number of rotatable bonds is 6. The minimum Gasteiger partial charge on any atom is -0.484 e. The molecule has 3 nitrogen and oxygen atoms in total. The first-order chi connectivity index (χ1) is 9.72. The van der Waals surface area contributed by atoms with Gasteiger partial charge in [0, 0.05) is 18.2 Å². The summed E-state index contributed by atoms with van der Waals surface area (Å²) in [5, 5.41) is 4.35. The topological polar surface area (TPSA) is 34.4 Å². The maximum atomic E-state index is 6.06. The van der Waals surface area contributed by atoms with Crippen LogP contribution in [0.3, 0.4) is 0 Å². The smallest absolute Gasteiger partial charge is 0.146 e. The second kappa shape index (κ2) is 6.08. The molecule has 0 amide bonds. The van der Waals surface area contributed by atoms with Crippen molar-refractivity contribution in [1.82, 2.24) is 5.32 Å². The summed E-state index contributed by atoms with van der Waals surface area (Å²) in [6.45, 7) is 1.18. The average molecular weight is 312 g/mol. The van der Waals surface area contributed by atoms with Gasteiger partial charge in [-0.2, -0.15) is 0 Å². The molecule has 1 saturated carbocycles. The Kier molecular flexibility index (Phi) is 4.20. The maximum absolute atomic E-state index is 6.06. The van der Waals surface area contributed by atoms with E-state index in [1.54, 1.807) is 24.5 Å². The maximum Gasteiger partial charge on any atom is 0.146 e. The van der Waals surface area contributed by atoms with Gasteiger partial charge in [-0.25, -0.2) is 0 Å². The summed E-state index contributed by atoms with van der Waals surface area (Å²) in [7, 11) is 0. The fraction of sp³-hybridized carbons (Fsp3) is 0.333. The summed E-state index contributed by atoms with van der Waals surface area (Å²) in [5.74, 6) is 1.34. The Morgan fingerprint density at radius 3 is 2.95 bits per heavy atom. The van der Waals surface area contributed by atoms with Gasteiger partial charge in [-0.15, -0.1) is 0 Å². The van der Waals surface area contributed by atoms with E-state index in [9.17, 15) is 0 Å². The SMILES string of the molecule is Clc1cccc(OCc2cc(CNC3CC3)co2)c1Cl. The Bertz CT molecular complexity index is 593. The van der Waals surface area contributed by atoms with Gasteiger partial charge in [0.2, 0.25) is 0 Å². The lowest BCUT2D eigenvalue weighted by Gasteiger charge is -2.06. The van der Waals surface area contributed by atoms with Crippen LogP contribution < -0.4 is 10.1 Å². The molecular formula is C15H15Cl2NO2. The number of ether oxygens (including phenoxy) is 1. The van der Waals surface area contributed by atoms with Crippen LogP contribution in [0.25, 0.3) is 0 Å². The number of hydrogen-bond acceptors (Lipinski definition) is 3. The summed E-state index contributed by atoms with van der Waals surface area (Å²) < 4.78 is 11.1. The third kappa shape index (κ3) is 3.48. The zero-order valence-corrected chi connectivity index (χ0v) is 12.4. The number of benzene rings is 1. The Labute approximate surface area is 127 Å². The zero-order chi connectivity index (χ0) is 13.9.